The SMILES string of the molecule is C=CCN(CC)Cc1cc(CNC(C)C)co1. The summed E-state index contributed by atoms with van der Waals surface area (Å²) in [4.78, 5) is 2.28. The van der Waals surface area contributed by atoms with Gasteiger partial charge < -0.3 is 9.73 Å². The molecule has 0 radical (unpaired) electrons. The van der Waals surface area contributed by atoms with Crippen molar-refractivity contribution >= 4 is 0 Å². The number of likely N-dealkylation sites (N-methyl/N-ethyl adjacent to an activating group) is 1. The Morgan fingerprint density at radius 1 is 1.53 bits per heavy atom. The molecule has 1 aromatic rings. The Hall–Kier alpha value is -1.06. The highest BCUT2D eigenvalue weighted by Gasteiger charge is 2.06. The summed E-state index contributed by atoms with van der Waals surface area (Å²) in [6.07, 6.45) is 3.76. The van der Waals surface area contributed by atoms with E-state index in [2.05, 4.69) is 43.6 Å². The van der Waals surface area contributed by atoms with Crippen LogP contribution in [0.1, 0.15) is 32.1 Å². The summed E-state index contributed by atoms with van der Waals surface area (Å²) < 4.78 is 5.56. The second-order valence-electron chi connectivity index (χ2n) is 4.57. The summed E-state index contributed by atoms with van der Waals surface area (Å²) in [5, 5.41) is 3.38. The molecular weight excluding hydrogens is 212 g/mol. The number of hydrogen-bond donors (Lipinski definition) is 1. The predicted octanol–water partition coefficient (Wildman–Crippen LogP) is 2.79. The summed E-state index contributed by atoms with van der Waals surface area (Å²) in [5.74, 6) is 1.02. The number of hydrogen-bond acceptors (Lipinski definition) is 3. The van der Waals surface area contributed by atoms with Gasteiger partial charge in [0.1, 0.15) is 5.76 Å². The van der Waals surface area contributed by atoms with Crippen molar-refractivity contribution in [2.24, 2.45) is 0 Å². The van der Waals surface area contributed by atoms with Crippen molar-refractivity contribution in [2.45, 2.75) is 39.9 Å². The topological polar surface area (TPSA) is 28.4 Å². The summed E-state index contributed by atoms with van der Waals surface area (Å²) in [7, 11) is 0. The fourth-order valence-electron chi connectivity index (χ4n) is 1.63. The Morgan fingerprint density at radius 2 is 2.29 bits per heavy atom. The second-order valence-corrected chi connectivity index (χ2v) is 4.57. The average molecular weight is 236 g/mol. The van der Waals surface area contributed by atoms with Gasteiger partial charge in [-0.1, -0.05) is 26.8 Å². The fourth-order valence-corrected chi connectivity index (χ4v) is 1.63. The molecule has 0 unspecified atom stereocenters. The minimum Gasteiger partial charge on any atom is -0.468 e. The molecule has 0 aliphatic heterocycles. The molecule has 0 aliphatic carbocycles. The standard InChI is InChI=1S/C14H24N2O/c1-5-7-16(6-2)10-14-8-13(11-17-14)9-15-12(3)4/h5,8,11-12,15H,1,6-7,9-10H2,2-4H3. The van der Waals surface area contributed by atoms with Crippen LogP contribution in [0, 0.1) is 0 Å². The van der Waals surface area contributed by atoms with E-state index in [1.807, 2.05) is 12.3 Å². The molecular formula is C14H24N2O. The summed E-state index contributed by atoms with van der Waals surface area (Å²) in [5.41, 5.74) is 1.21. The van der Waals surface area contributed by atoms with Crippen LogP contribution in [0.2, 0.25) is 0 Å². The predicted molar refractivity (Wildman–Crippen MR) is 71.8 cm³/mol. The Morgan fingerprint density at radius 3 is 2.88 bits per heavy atom. The molecule has 0 saturated heterocycles. The third-order valence-corrected chi connectivity index (χ3v) is 2.64. The molecule has 0 aliphatic rings. The van der Waals surface area contributed by atoms with E-state index in [1.54, 1.807) is 0 Å². The van der Waals surface area contributed by atoms with E-state index in [-0.39, 0.29) is 0 Å². The molecule has 17 heavy (non-hydrogen) atoms. The molecule has 0 atom stereocenters. The van der Waals surface area contributed by atoms with E-state index < -0.39 is 0 Å². The molecule has 0 aromatic carbocycles. The lowest BCUT2D eigenvalue weighted by Gasteiger charge is -2.16. The highest BCUT2D eigenvalue weighted by Crippen LogP contribution is 2.10. The molecule has 3 nitrogen and oxygen atoms in total. The highest BCUT2D eigenvalue weighted by atomic mass is 16.3. The zero-order chi connectivity index (χ0) is 12.7. The van der Waals surface area contributed by atoms with Crippen molar-refractivity contribution < 1.29 is 4.42 Å². The summed E-state index contributed by atoms with van der Waals surface area (Å²) in [6.45, 7) is 13.8. The summed E-state index contributed by atoms with van der Waals surface area (Å²) in [6, 6.07) is 2.63. The fraction of sp³-hybridized carbons (Fsp3) is 0.571. The van der Waals surface area contributed by atoms with Gasteiger partial charge in [-0.15, -0.1) is 6.58 Å². The first-order valence-electron chi connectivity index (χ1n) is 6.28. The molecule has 1 rings (SSSR count). The molecule has 96 valence electrons. The van der Waals surface area contributed by atoms with Gasteiger partial charge in [0, 0.05) is 24.7 Å². The van der Waals surface area contributed by atoms with E-state index in [0.29, 0.717) is 6.04 Å². The Bertz CT molecular complexity index is 331. The van der Waals surface area contributed by atoms with Crippen LogP contribution in [0.15, 0.2) is 29.4 Å². The van der Waals surface area contributed by atoms with Crippen molar-refractivity contribution in [3.63, 3.8) is 0 Å². The maximum absolute atomic E-state index is 5.56. The second kappa shape index (κ2) is 7.30. The molecule has 0 fully saturated rings. The van der Waals surface area contributed by atoms with Gasteiger partial charge in [0.25, 0.3) is 0 Å². The Kier molecular flexibility index (Phi) is 6.01. The minimum atomic E-state index is 0.501. The van der Waals surface area contributed by atoms with Gasteiger partial charge in [-0.05, 0) is 12.6 Å². The van der Waals surface area contributed by atoms with E-state index in [9.17, 15) is 0 Å². The van der Waals surface area contributed by atoms with Gasteiger partial charge >= 0.3 is 0 Å². The zero-order valence-corrected chi connectivity index (χ0v) is 11.2. The van der Waals surface area contributed by atoms with Crippen LogP contribution >= 0.6 is 0 Å². The van der Waals surface area contributed by atoms with Crippen LogP contribution in [-0.2, 0) is 13.1 Å². The molecule has 0 bridgehead atoms. The maximum atomic E-state index is 5.56. The first-order valence-corrected chi connectivity index (χ1v) is 6.28. The van der Waals surface area contributed by atoms with E-state index >= 15 is 0 Å². The molecule has 1 N–H and O–H groups in total. The van der Waals surface area contributed by atoms with Gasteiger partial charge in [-0.3, -0.25) is 4.90 Å². The van der Waals surface area contributed by atoms with Gasteiger partial charge in [0.15, 0.2) is 0 Å². The van der Waals surface area contributed by atoms with Crippen molar-refractivity contribution in [2.75, 3.05) is 13.1 Å². The third kappa shape index (κ3) is 5.20. The lowest BCUT2D eigenvalue weighted by atomic mass is 10.2. The summed E-state index contributed by atoms with van der Waals surface area (Å²) >= 11 is 0. The molecule has 1 aromatic heterocycles. The molecule has 3 heteroatoms. The van der Waals surface area contributed by atoms with Crippen molar-refractivity contribution in [1.82, 2.24) is 10.2 Å². The van der Waals surface area contributed by atoms with Crippen molar-refractivity contribution in [1.29, 1.82) is 0 Å². The Balaban J connectivity index is 2.46. The minimum absolute atomic E-state index is 0.501. The zero-order valence-electron chi connectivity index (χ0n) is 11.2. The smallest absolute Gasteiger partial charge is 0.118 e. The van der Waals surface area contributed by atoms with Crippen LogP contribution in [0.4, 0.5) is 0 Å². The maximum Gasteiger partial charge on any atom is 0.118 e. The van der Waals surface area contributed by atoms with Crippen LogP contribution in [0.5, 0.6) is 0 Å². The monoisotopic (exact) mass is 236 g/mol. The third-order valence-electron chi connectivity index (χ3n) is 2.64. The van der Waals surface area contributed by atoms with Gasteiger partial charge in [0.05, 0.1) is 12.8 Å². The van der Waals surface area contributed by atoms with E-state index in [4.69, 9.17) is 4.42 Å². The largest absolute Gasteiger partial charge is 0.468 e. The van der Waals surface area contributed by atoms with Crippen molar-refractivity contribution in [3.05, 3.63) is 36.3 Å². The molecule has 0 amide bonds. The molecule has 1 heterocycles. The van der Waals surface area contributed by atoms with Crippen LogP contribution in [0.3, 0.4) is 0 Å². The number of nitrogens with one attached hydrogen (secondary N) is 1. The van der Waals surface area contributed by atoms with Crippen LogP contribution < -0.4 is 5.32 Å². The number of furan rings is 1. The number of rotatable bonds is 8. The van der Waals surface area contributed by atoms with Gasteiger partial charge in [-0.25, -0.2) is 0 Å². The first kappa shape index (κ1) is 14.0. The van der Waals surface area contributed by atoms with E-state index in [0.717, 1.165) is 31.9 Å². The van der Waals surface area contributed by atoms with Crippen LogP contribution in [0.25, 0.3) is 0 Å². The quantitative estimate of drug-likeness (QED) is 0.704. The Labute approximate surface area is 104 Å². The van der Waals surface area contributed by atoms with Gasteiger partial charge in [0.2, 0.25) is 0 Å². The first-order chi connectivity index (χ1) is 8.15. The lowest BCUT2D eigenvalue weighted by Crippen LogP contribution is -2.22. The highest BCUT2D eigenvalue weighted by molar-refractivity contribution is 5.12. The lowest BCUT2D eigenvalue weighted by molar-refractivity contribution is 0.281. The normalized spacial score (nSPS) is 11.4. The average Bonchev–Trinajstić information content (AvgIpc) is 2.73. The molecule has 0 saturated carbocycles. The molecule has 0 spiro atoms. The van der Waals surface area contributed by atoms with E-state index in [1.165, 1.54) is 5.56 Å². The van der Waals surface area contributed by atoms with Crippen molar-refractivity contribution in [3.8, 4) is 0 Å². The van der Waals surface area contributed by atoms with Gasteiger partial charge in [-0.2, -0.15) is 0 Å². The number of nitrogens with zero attached hydrogens (tertiary/aromatic N) is 1. The van der Waals surface area contributed by atoms with Crippen LogP contribution in [-0.4, -0.2) is 24.0 Å².